The number of aromatic amines is 1. The number of benzene rings is 1. The Hall–Kier alpha value is -3.17. The number of halogens is 3. The van der Waals surface area contributed by atoms with Gasteiger partial charge in [0.2, 0.25) is 0 Å². The van der Waals surface area contributed by atoms with Gasteiger partial charge in [-0.2, -0.15) is 23.4 Å². The number of nitrogens with one attached hydrogen (secondary N) is 2. The largest absolute Gasteiger partial charge is 0.434 e. The first kappa shape index (κ1) is 16.7. The number of rotatable bonds is 4. The van der Waals surface area contributed by atoms with Crippen molar-refractivity contribution < 1.29 is 18.0 Å². The molecule has 0 unspecified atom stereocenters. The zero-order valence-corrected chi connectivity index (χ0v) is 13.0. The summed E-state index contributed by atoms with van der Waals surface area (Å²) in [5, 5.41) is 12.2. The lowest BCUT2D eigenvalue weighted by atomic mass is 10.2. The summed E-state index contributed by atoms with van der Waals surface area (Å²) in [7, 11) is 0. The van der Waals surface area contributed by atoms with Gasteiger partial charge >= 0.3 is 6.18 Å². The third-order valence-corrected chi connectivity index (χ3v) is 3.41. The van der Waals surface area contributed by atoms with Gasteiger partial charge in [-0.1, -0.05) is 12.1 Å². The monoisotopic (exact) mass is 350 g/mol. The summed E-state index contributed by atoms with van der Waals surface area (Å²) in [6, 6.07) is 6.42. The molecule has 0 aliphatic rings. The minimum Gasteiger partial charge on any atom is -0.345 e. The minimum absolute atomic E-state index is 0.0776. The molecule has 0 saturated carbocycles. The van der Waals surface area contributed by atoms with Crippen LogP contribution in [0.5, 0.6) is 0 Å². The molecular weight excluding hydrogens is 337 g/mol. The molecule has 10 heteroatoms. The quantitative estimate of drug-likeness (QED) is 0.755. The molecule has 0 radical (unpaired) electrons. The van der Waals surface area contributed by atoms with Crippen molar-refractivity contribution in [3.63, 3.8) is 0 Å². The third-order valence-electron chi connectivity index (χ3n) is 3.41. The second-order valence-electron chi connectivity index (χ2n) is 5.27. The molecule has 2 N–H and O–H groups in total. The van der Waals surface area contributed by atoms with E-state index in [4.69, 9.17) is 0 Å². The van der Waals surface area contributed by atoms with Crippen LogP contribution in [0.1, 0.15) is 27.4 Å². The van der Waals surface area contributed by atoms with Gasteiger partial charge in [-0.05, 0) is 24.6 Å². The van der Waals surface area contributed by atoms with Crippen molar-refractivity contribution in [2.45, 2.75) is 19.6 Å². The Balaban J connectivity index is 1.95. The maximum atomic E-state index is 13.5. The molecular formula is C15H13F3N6O. The van der Waals surface area contributed by atoms with Crippen molar-refractivity contribution in [2.24, 2.45) is 0 Å². The predicted molar refractivity (Wildman–Crippen MR) is 80.9 cm³/mol. The van der Waals surface area contributed by atoms with Crippen LogP contribution in [-0.2, 0) is 12.7 Å². The fraction of sp³-hybridized carbons (Fsp3) is 0.200. The molecule has 0 aliphatic heterocycles. The fourth-order valence-corrected chi connectivity index (χ4v) is 2.32. The van der Waals surface area contributed by atoms with Crippen molar-refractivity contribution in [3.05, 3.63) is 59.4 Å². The maximum Gasteiger partial charge on any atom is 0.434 e. The van der Waals surface area contributed by atoms with Gasteiger partial charge < -0.3 is 5.32 Å². The summed E-state index contributed by atoms with van der Waals surface area (Å²) in [5.41, 5.74) is -0.694. The van der Waals surface area contributed by atoms with E-state index in [1.165, 1.54) is 12.4 Å². The first-order valence-electron chi connectivity index (χ1n) is 7.21. The summed E-state index contributed by atoms with van der Waals surface area (Å²) < 4.78 is 41.3. The molecule has 0 saturated heterocycles. The molecule has 130 valence electrons. The second kappa shape index (κ2) is 6.38. The van der Waals surface area contributed by atoms with Gasteiger partial charge in [-0.15, -0.1) is 0 Å². The lowest BCUT2D eigenvalue weighted by Crippen LogP contribution is -2.26. The smallest absolute Gasteiger partial charge is 0.345 e. The predicted octanol–water partition coefficient (Wildman–Crippen LogP) is 2.25. The molecule has 0 bridgehead atoms. The SMILES string of the molecule is Cc1cccc(-n2ncc(C(=O)NCc3ncn[nH]3)c2C(F)(F)F)c1. The first-order chi connectivity index (χ1) is 11.9. The van der Waals surface area contributed by atoms with Crippen LogP contribution < -0.4 is 5.32 Å². The molecule has 1 amide bonds. The summed E-state index contributed by atoms with van der Waals surface area (Å²) in [5.74, 6) is -0.574. The van der Waals surface area contributed by atoms with E-state index < -0.39 is 23.3 Å². The Kier molecular flexibility index (Phi) is 4.26. The Morgan fingerprint density at radius 1 is 1.36 bits per heavy atom. The van der Waals surface area contributed by atoms with Crippen LogP contribution in [-0.4, -0.2) is 30.9 Å². The molecule has 3 rings (SSSR count). The zero-order chi connectivity index (χ0) is 18.0. The topological polar surface area (TPSA) is 88.5 Å². The Morgan fingerprint density at radius 2 is 2.16 bits per heavy atom. The molecule has 1 aromatic carbocycles. The van der Waals surface area contributed by atoms with Gasteiger partial charge in [0.15, 0.2) is 5.69 Å². The molecule has 0 spiro atoms. The molecule has 3 aromatic rings. The highest BCUT2D eigenvalue weighted by atomic mass is 19.4. The van der Waals surface area contributed by atoms with Gasteiger partial charge in [-0.3, -0.25) is 9.89 Å². The number of nitrogens with zero attached hydrogens (tertiary/aromatic N) is 4. The van der Waals surface area contributed by atoms with Crippen molar-refractivity contribution in [2.75, 3.05) is 0 Å². The van der Waals surface area contributed by atoms with E-state index in [2.05, 4.69) is 25.6 Å². The number of hydrogen-bond donors (Lipinski definition) is 2. The normalized spacial score (nSPS) is 11.5. The van der Waals surface area contributed by atoms with Gasteiger partial charge in [0.1, 0.15) is 12.2 Å². The van der Waals surface area contributed by atoms with Crippen molar-refractivity contribution in [1.82, 2.24) is 30.3 Å². The molecule has 2 aromatic heterocycles. The van der Waals surface area contributed by atoms with Crippen LogP contribution in [0.2, 0.25) is 0 Å². The van der Waals surface area contributed by atoms with E-state index >= 15 is 0 Å². The van der Waals surface area contributed by atoms with Crippen LogP contribution >= 0.6 is 0 Å². The average Bonchev–Trinajstić information content (AvgIpc) is 3.21. The summed E-state index contributed by atoms with van der Waals surface area (Å²) in [4.78, 5) is 16.0. The fourth-order valence-electron chi connectivity index (χ4n) is 2.32. The van der Waals surface area contributed by atoms with E-state index in [-0.39, 0.29) is 12.2 Å². The summed E-state index contributed by atoms with van der Waals surface area (Å²) >= 11 is 0. The number of H-pyrrole nitrogens is 1. The van der Waals surface area contributed by atoms with E-state index in [0.717, 1.165) is 16.4 Å². The Morgan fingerprint density at radius 3 is 2.80 bits per heavy atom. The van der Waals surface area contributed by atoms with Crippen LogP contribution in [0.4, 0.5) is 13.2 Å². The van der Waals surface area contributed by atoms with E-state index in [1.807, 2.05) is 0 Å². The molecule has 7 nitrogen and oxygen atoms in total. The number of amides is 1. The standard InChI is InChI=1S/C15H13F3N6O/c1-9-3-2-4-10(5-9)24-13(15(16,17)18)11(6-22-24)14(25)19-7-12-20-8-21-23-12/h2-6,8H,7H2,1H3,(H,19,25)(H,20,21,23). The van der Waals surface area contributed by atoms with Gasteiger partial charge in [0.05, 0.1) is 24.0 Å². The van der Waals surface area contributed by atoms with Gasteiger partial charge in [0, 0.05) is 0 Å². The third kappa shape index (κ3) is 3.52. The van der Waals surface area contributed by atoms with E-state index in [0.29, 0.717) is 5.82 Å². The van der Waals surface area contributed by atoms with Crippen LogP contribution in [0, 0.1) is 6.92 Å². The van der Waals surface area contributed by atoms with Gasteiger partial charge in [-0.25, -0.2) is 9.67 Å². The number of alkyl halides is 3. The summed E-state index contributed by atoms with van der Waals surface area (Å²) in [6.07, 6.45) is -2.61. The highest BCUT2D eigenvalue weighted by Gasteiger charge is 2.40. The molecule has 0 fully saturated rings. The Labute approximate surface area is 139 Å². The highest BCUT2D eigenvalue weighted by Crippen LogP contribution is 2.33. The lowest BCUT2D eigenvalue weighted by molar-refractivity contribution is -0.143. The number of carbonyl (C=O) groups excluding carboxylic acids is 1. The average molecular weight is 350 g/mol. The van der Waals surface area contributed by atoms with Crippen molar-refractivity contribution in [3.8, 4) is 5.69 Å². The van der Waals surface area contributed by atoms with E-state index in [9.17, 15) is 18.0 Å². The van der Waals surface area contributed by atoms with Crippen molar-refractivity contribution in [1.29, 1.82) is 0 Å². The van der Waals surface area contributed by atoms with Crippen LogP contribution in [0.3, 0.4) is 0 Å². The Bertz CT molecular complexity index is 885. The molecule has 0 atom stereocenters. The molecule has 25 heavy (non-hydrogen) atoms. The highest BCUT2D eigenvalue weighted by molar-refractivity contribution is 5.95. The molecule has 2 heterocycles. The number of aryl methyl sites for hydroxylation is 1. The number of carbonyl (C=O) groups is 1. The lowest BCUT2D eigenvalue weighted by Gasteiger charge is -2.13. The number of aromatic nitrogens is 5. The van der Waals surface area contributed by atoms with Crippen LogP contribution in [0.25, 0.3) is 5.69 Å². The number of hydrogen-bond acceptors (Lipinski definition) is 4. The van der Waals surface area contributed by atoms with Gasteiger partial charge in [0.25, 0.3) is 5.91 Å². The second-order valence-corrected chi connectivity index (χ2v) is 5.27. The van der Waals surface area contributed by atoms with Crippen molar-refractivity contribution >= 4 is 5.91 Å². The zero-order valence-electron chi connectivity index (χ0n) is 13.0. The molecule has 0 aliphatic carbocycles. The van der Waals surface area contributed by atoms with Crippen LogP contribution in [0.15, 0.2) is 36.8 Å². The minimum atomic E-state index is -4.75. The van der Waals surface area contributed by atoms with E-state index in [1.54, 1.807) is 25.1 Å². The first-order valence-corrected chi connectivity index (χ1v) is 7.21. The summed E-state index contributed by atoms with van der Waals surface area (Å²) in [6.45, 7) is 1.68. The maximum absolute atomic E-state index is 13.5.